The van der Waals surface area contributed by atoms with Crippen LogP contribution in [0.5, 0.6) is 0 Å². The fourth-order valence-electron chi connectivity index (χ4n) is 5.86. The quantitative estimate of drug-likeness (QED) is 0.157. The number of thiazole rings is 1. The average molecular weight is 620 g/mol. The Morgan fingerprint density at radius 2 is 1.79 bits per heavy atom. The Hall–Kier alpha value is -2.97. The largest absolute Gasteiger partial charge is 0.464 e. The van der Waals surface area contributed by atoms with Crippen molar-refractivity contribution in [3.63, 3.8) is 0 Å². The summed E-state index contributed by atoms with van der Waals surface area (Å²) in [4.78, 5) is 20.9. The van der Waals surface area contributed by atoms with Gasteiger partial charge >= 0.3 is 5.97 Å². The molecule has 0 amide bonds. The van der Waals surface area contributed by atoms with Crippen LogP contribution in [0.2, 0.25) is 5.02 Å². The summed E-state index contributed by atoms with van der Waals surface area (Å²) in [5, 5.41) is 1.52. The standard InChI is InChI=1S/C35H42ClN3O3S/c1-7-41-34(40)31(42-35(3,4)5)29-21(2)18-28-32(30(29)23-10-12-26(36)13-11-23)43-33(38-28)25-9-8-24(27(37)20-25)19-22-14-16-39(6)17-15-22/h8-13,18,20,22,31H,7,14-17,19,37H2,1-6H3/t31-/m0/s1. The molecule has 228 valence electrons. The summed E-state index contributed by atoms with van der Waals surface area (Å²) in [6.07, 6.45) is 2.51. The Labute approximate surface area is 264 Å². The van der Waals surface area contributed by atoms with E-state index in [0.717, 1.165) is 68.2 Å². The molecule has 1 aromatic heterocycles. The predicted molar refractivity (Wildman–Crippen MR) is 179 cm³/mol. The number of hydrogen-bond acceptors (Lipinski definition) is 7. The minimum atomic E-state index is -0.907. The summed E-state index contributed by atoms with van der Waals surface area (Å²) < 4.78 is 12.9. The van der Waals surface area contributed by atoms with E-state index in [1.165, 1.54) is 18.4 Å². The van der Waals surface area contributed by atoms with Crippen molar-refractivity contribution in [3.05, 3.63) is 70.2 Å². The molecule has 0 radical (unpaired) electrons. The monoisotopic (exact) mass is 619 g/mol. The molecule has 0 spiro atoms. The fourth-order valence-corrected chi connectivity index (χ4v) is 7.11. The zero-order valence-corrected chi connectivity index (χ0v) is 27.6. The van der Waals surface area contributed by atoms with Gasteiger partial charge in [-0.05, 0) is 121 Å². The molecule has 1 fully saturated rings. The number of carbonyl (C=O) groups excluding carboxylic acids is 1. The second kappa shape index (κ2) is 12.9. The lowest BCUT2D eigenvalue weighted by molar-refractivity contribution is -0.166. The maximum absolute atomic E-state index is 13.4. The Morgan fingerprint density at radius 3 is 2.42 bits per heavy atom. The van der Waals surface area contributed by atoms with E-state index in [9.17, 15) is 4.79 Å². The summed E-state index contributed by atoms with van der Waals surface area (Å²) in [5.74, 6) is 0.255. The molecule has 2 heterocycles. The molecule has 1 aliphatic heterocycles. The third-order valence-electron chi connectivity index (χ3n) is 8.03. The molecule has 0 aliphatic carbocycles. The van der Waals surface area contributed by atoms with Gasteiger partial charge < -0.3 is 20.1 Å². The van der Waals surface area contributed by atoms with E-state index in [2.05, 4.69) is 30.1 Å². The average Bonchev–Trinajstić information content (AvgIpc) is 3.37. The van der Waals surface area contributed by atoms with Gasteiger partial charge in [-0.2, -0.15) is 0 Å². The van der Waals surface area contributed by atoms with Crippen LogP contribution in [-0.2, 0) is 20.7 Å². The third-order valence-corrected chi connectivity index (χ3v) is 9.42. The molecule has 0 unspecified atom stereocenters. The van der Waals surface area contributed by atoms with Gasteiger partial charge in [0.1, 0.15) is 5.01 Å². The molecule has 1 atom stereocenters. The van der Waals surface area contributed by atoms with Crippen LogP contribution in [-0.4, -0.2) is 48.2 Å². The van der Waals surface area contributed by atoms with E-state index in [1.54, 1.807) is 11.3 Å². The van der Waals surface area contributed by atoms with Crippen molar-refractivity contribution in [3.8, 4) is 21.7 Å². The highest BCUT2D eigenvalue weighted by atomic mass is 35.5. The fraction of sp³-hybridized carbons (Fsp3) is 0.429. The third kappa shape index (κ3) is 7.23. The predicted octanol–water partition coefficient (Wildman–Crippen LogP) is 8.48. The molecule has 4 aromatic rings. The Morgan fingerprint density at radius 1 is 1.12 bits per heavy atom. The molecule has 6 nitrogen and oxygen atoms in total. The first-order valence-electron chi connectivity index (χ1n) is 15.0. The van der Waals surface area contributed by atoms with Gasteiger partial charge in [0.2, 0.25) is 0 Å². The van der Waals surface area contributed by atoms with Crippen LogP contribution >= 0.6 is 22.9 Å². The van der Waals surface area contributed by atoms with Crippen molar-refractivity contribution in [1.82, 2.24) is 9.88 Å². The Kier molecular flexibility index (Phi) is 9.47. The lowest BCUT2D eigenvalue weighted by Crippen LogP contribution is -2.31. The van der Waals surface area contributed by atoms with Crippen LogP contribution in [0, 0.1) is 12.8 Å². The van der Waals surface area contributed by atoms with Crippen molar-refractivity contribution < 1.29 is 14.3 Å². The van der Waals surface area contributed by atoms with Gasteiger partial charge in [0.25, 0.3) is 0 Å². The molecule has 8 heteroatoms. The molecule has 2 N–H and O–H groups in total. The number of nitrogens with zero attached hydrogens (tertiary/aromatic N) is 2. The number of rotatable bonds is 8. The van der Waals surface area contributed by atoms with E-state index >= 15 is 0 Å². The molecular weight excluding hydrogens is 578 g/mol. The zero-order chi connectivity index (χ0) is 30.9. The number of anilines is 1. The molecule has 1 saturated heterocycles. The highest BCUT2D eigenvalue weighted by Crippen LogP contribution is 2.45. The molecule has 3 aromatic carbocycles. The number of benzene rings is 3. The SMILES string of the molecule is CCOC(=O)[C@@H](OC(C)(C)C)c1c(C)cc2nc(-c3ccc(CC4CCN(C)CC4)c(N)c3)sc2c1-c1ccc(Cl)cc1. The van der Waals surface area contributed by atoms with Crippen LogP contribution in [0.1, 0.15) is 63.3 Å². The topological polar surface area (TPSA) is 77.7 Å². The van der Waals surface area contributed by atoms with Gasteiger partial charge in [-0.3, -0.25) is 0 Å². The second-order valence-corrected chi connectivity index (χ2v) is 14.0. The lowest BCUT2D eigenvalue weighted by atomic mass is 9.89. The van der Waals surface area contributed by atoms with Crippen LogP contribution in [0.4, 0.5) is 5.69 Å². The van der Waals surface area contributed by atoms with Gasteiger partial charge in [0.05, 0.1) is 22.4 Å². The molecule has 0 saturated carbocycles. The Balaban J connectivity index is 1.61. The van der Waals surface area contributed by atoms with Crippen LogP contribution in [0.25, 0.3) is 31.9 Å². The first kappa shape index (κ1) is 31.5. The highest BCUT2D eigenvalue weighted by Gasteiger charge is 2.33. The molecule has 0 bridgehead atoms. The number of aromatic nitrogens is 1. The number of nitrogen functional groups attached to an aromatic ring is 1. The maximum Gasteiger partial charge on any atom is 0.339 e. The van der Waals surface area contributed by atoms with Crippen LogP contribution < -0.4 is 5.73 Å². The molecule has 43 heavy (non-hydrogen) atoms. The van der Waals surface area contributed by atoms with Crippen molar-refractivity contribution in [2.45, 2.75) is 65.6 Å². The summed E-state index contributed by atoms with van der Waals surface area (Å²) >= 11 is 7.88. The van der Waals surface area contributed by atoms with Crippen molar-refractivity contribution >= 4 is 44.8 Å². The second-order valence-electron chi connectivity index (χ2n) is 12.6. The number of likely N-dealkylation sites (tertiary alicyclic amines) is 1. The van der Waals surface area contributed by atoms with Crippen molar-refractivity contribution in [1.29, 1.82) is 0 Å². The number of hydrogen-bond donors (Lipinski definition) is 1. The number of halogens is 1. The summed E-state index contributed by atoms with van der Waals surface area (Å²) in [7, 11) is 2.19. The first-order chi connectivity index (χ1) is 20.4. The number of fused-ring (bicyclic) bond motifs is 1. The van der Waals surface area contributed by atoms with Gasteiger partial charge in [0, 0.05) is 27.4 Å². The molecule has 5 rings (SSSR count). The van der Waals surface area contributed by atoms with E-state index in [4.69, 9.17) is 31.8 Å². The lowest BCUT2D eigenvalue weighted by Gasteiger charge is -2.29. The maximum atomic E-state index is 13.4. The number of nitrogens with two attached hydrogens (primary N) is 1. The smallest absolute Gasteiger partial charge is 0.339 e. The van der Waals surface area contributed by atoms with E-state index in [-0.39, 0.29) is 6.61 Å². The minimum absolute atomic E-state index is 0.264. The number of aryl methyl sites for hydroxylation is 1. The van der Waals surface area contributed by atoms with Crippen molar-refractivity contribution in [2.24, 2.45) is 5.92 Å². The number of piperidine rings is 1. The summed E-state index contributed by atoms with van der Waals surface area (Å²) in [6.45, 7) is 12.2. The molecule has 1 aliphatic rings. The van der Waals surface area contributed by atoms with E-state index in [0.29, 0.717) is 10.9 Å². The summed E-state index contributed by atoms with van der Waals surface area (Å²) in [5.41, 5.74) is 13.4. The van der Waals surface area contributed by atoms with Crippen molar-refractivity contribution in [2.75, 3.05) is 32.5 Å². The van der Waals surface area contributed by atoms with Gasteiger partial charge in [-0.15, -0.1) is 11.3 Å². The molecular formula is C35H42ClN3O3S. The normalized spacial score (nSPS) is 15.6. The zero-order valence-electron chi connectivity index (χ0n) is 26.0. The van der Waals surface area contributed by atoms with E-state index < -0.39 is 17.7 Å². The number of ether oxygens (including phenoxy) is 2. The Bertz CT molecular complexity index is 1600. The highest BCUT2D eigenvalue weighted by molar-refractivity contribution is 7.22. The number of carbonyl (C=O) groups is 1. The minimum Gasteiger partial charge on any atom is -0.464 e. The number of esters is 1. The van der Waals surface area contributed by atoms with Gasteiger partial charge in [-0.25, -0.2) is 9.78 Å². The van der Waals surface area contributed by atoms with Gasteiger partial charge in [0.15, 0.2) is 6.10 Å². The van der Waals surface area contributed by atoms with Crippen LogP contribution in [0.3, 0.4) is 0 Å². The summed E-state index contributed by atoms with van der Waals surface area (Å²) in [6, 6.07) is 16.1. The van der Waals surface area contributed by atoms with Crippen LogP contribution in [0.15, 0.2) is 48.5 Å². The first-order valence-corrected chi connectivity index (χ1v) is 16.2. The van der Waals surface area contributed by atoms with E-state index in [1.807, 2.05) is 65.0 Å². The van der Waals surface area contributed by atoms with Gasteiger partial charge in [-0.1, -0.05) is 35.9 Å².